The standard InChI is InChI=1S/C29H29N5O2S2/c1-3-37-38-19-24(31)28(35)33(2)27-29(36)34(18-21-11-9-10-20(16-21)17-30)25-15-8-7-14-23(25)26(32-27)22-12-5-4-6-13-22/h4-16,24,27H,3,18-19,31H2,1-2H3. The molecular formula is C29H29N5O2S2. The minimum absolute atomic E-state index is 0.219. The van der Waals surface area contributed by atoms with E-state index in [2.05, 4.69) is 6.07 Å². The number of anilines is 1. The molecule has 0 radical (unpaired) electrons. The molecule has 194 valence electrons. The number of benzene rings is 3. The number of likely N-dealkylation sites (N-methyl/N-ethyl adjacent to an activating group) is 1. The van der Waals surface area contributed by atoms with Crippen LogP contribution in [0, 0.1) is 11.3 Å². The van der Waals surface area contributed by atoms with Crippen molar-refractivity contribution in [2.45, 2.75) is 25.7 Å². The summed E-state index contributed by atoms with van der Waals surface area (Å²) in [4.78, 5) is 35.5. The third-order valence-corrected chi connectivity index (χ3v) is 8.63. The van der Waals surface area contributed by atoms with Gasteiger partial charge in [-0.25, -0.2) is 4.99 Å². The lowest BCUT2D eigenvalue weighted by Crippen LogP contribution is -2.53. The maximum absolute atomic E-state index is 14.2. The van der Waals surface area contributed by atoms with Gasteiger partial charge in [0.25, 0.3) is 5.91 Å². The lowest BCUT2D eigenvalue weighted by Gasteiger charge is -2.30. The van der Waals surface area contributed by atoms with E-state index in [9.17, 15) is 14.9 Å². The summed E-state index contributed by atoms with van der Waals surface area (Å²) in [5, 5.41) is 9.38. The van der Waals surface area contributed by atoms with Crippen molar-refractivity contribution in [3.8, 4) is 6.07 Å². The van der Waals surface area contributed by atoms with Crippen molar-refractivity contribution in [3.05, 3.63) is 101 Å². The van der Waals surface area contributed by atoms with Crippen molar-refractivity contribution in [2.24, 2.45) is 10.7 Å². The summed E-state index contributed by atoms with van der Waals surface area (Å²) in [7, 11) is 4.76. The number of benzodiazepines with no additional fused rings is 1. The average molecular weight is 544 g/mol. The van der Waals surface area contributed by atoms with Crippen molar-refractivity contribution in [1.29, 1.82) is 5.26 Å². The highest BCUT2D eigenvalue weighted by molar-refractivity contribution is 8.76. The highest BCUT2D eigenvalue weighted by Crippen LogP contribution is 2.31. The highest BCUT2D eigenvalue weighted by Gasteiger charge is 2.37. The number of amides is 2. The van der Waals surface area contributed by atoms with Gasteiger partial charge in [-0.05, 0) is 23.8 Å². The lowest BCUT2D eigenvalue weighted by atomic mass is 10.00. The fraction of sp³-hybridized carbons (Fsp3) is 0.241. The number of nitrogens with two attached hydrogens (primary N) is 1. The first kappa shape index (κ1) is 27.5. The second-order valence-electron chi connectivity index (χ2n) is 8.72. The molecule has 9 heteroatoms. The first-order chi connectivity index (χ1) is 18.4. The van der Waals surface area contributed by atoms with Gasteiger partial charge < -0.3 is 15.5 Å². The number of carbonyl (C=O) groups excluding carboxylic acids is 2. The predicted octanol–water partition coefficient (Wildman–Crippen LogP) is 4.46. The lowest BCUT2D eigenvalue weighted by molar-refractivity contribution is -0.138. The van der Waals surface area contributed by atoms with Crippen molar-refractivity contribution < 1.29 is 9.59 Å². The van der Waals surface area contributed by atoms with E-state index in [-0.39, 0.29) is 18.4 Å². The van der Waals surface area contributed by atoms with Gasteiger partial charge in [-0.15, -0.1) is 0 Å². The Morgan fingerprint density at radius 2 is 1.84 bits per heavy atom. The van der Waals surface area contributed by atoms with Gasteiger partial charge in [-0.3, -0.25) is 9.59 Å². The second-order valence-corrected chi connectivity index (χ2v) is 11.5. The van der Waals surface area contributed by atoms with Crippen LogP contribution in [0.3, 0.4) is 0 Å². The molecule has 0 saturated heterocycles. The fourth-order valence-corrected chi connectivity index (χ4v) is 6.02. The minimum atomic E-state index is -1.11. The Balaban J connectivity index is 1.80. The molecule has 2 N–H and O–H groups in total. The van der Waals surface area contributed by atoms with Crippen LogP contribution in [0.2, 0.25) is 0 Å². The largest absolute Gasteiger partial charge is 0.319 e. The maximum Gasteiger partial charge on any atom is 0.272 e. The minimum Gasteiger partial charge on any atom is -0.319 e. The summed E-state index contributed by atoms with van der Waals surface area (Å²) in [6.45, 7) is 2.26. The molecule has 4 rings (SSSR count). The van der Waals surface area contributed by atoms with Crippen molar-refractivity contribution in [2.75, 3.05) is 23.5 Å². The normalized spacial score (nSPS) is 15.6. The second kappa shape index (κ2) is 12.8. The molecule has 38 heavy (non-hydrogen) atoms. The molecule has 3 aromatic rings. The number of hydrogen-bond donors (Lipinski definition) is 1. The number of hydrogen-bond acceptors (Lipinski definition) is 7. The topological polar surface area (TPSA) is 103 Å². The number of carbonyl (C=O) groups is 2. The molecule has 3 aromatic carbocycles. The van der Waals surface area contributed by atoms with Gasteiger partial charge in [0.2, 0.25) is 12.1 Å². The van der Waals surface area contributed by atoms with E-state index >= 15 is 0 Å². The van der Waals surface area contributed by atoms with Crippen molar-refractivity contribution in [1.82, 2.24) is 4.90 Å². The average Bonchev–Trinajstić information content (AvgIpc) is 3.07. The molecule has 1 aliphatic heterocycles. The molecule has 2 unspecified atom stereocenters. The molecule has 0 aliphatic carbocycles. The van der Waals surface area contributed by atoms with Gasteiger partial charge in [0, 0.05) is 29.7 Å². The fourth-order valence-electron chi connectivity index (χ4n) is 4.24. The Labute approximate surface area is 231 Å². The molecule has 0 aromatic heterocycles. The number of fused-ring (bicyclic) bond motifs is 1. The van der Waals surface area contributed by atoms with Crippen LogP contribution in [-0.2, 0) is 16.1 Å². The van der Waals surface area contributed by atoms with Gasteiger partial charge in [0.1, 0.15) is 0 Å². The number of rotatable bonds is 9. The van der Waals surface area contributed by atoms with Crippen LogP contribution in [0.4, 0.5) is 5.69 Å². The molecule has 0 saturated carbocycles. The van der Waals surface area contributed by atoms with E-state index < -0.39 is 12.2 Å². The number of nitrogens with zero attached hydrogens (tertiary/aromatic N) is 4. The first-order valence-electron chi connectivity index (χ1n) is 12.2. The Kier molecular flexibility index (Phi) is 9.24. The highest BCUT2D eigenvalue weighted by atomic mass is 33.1. The molecule has 2 amide bonds. The van der Waals surface area contributed by atoms with Crippen LogP contribution in [0.15, 0.2) is 83.9 Å². The number of aliphatic imine (C=N–C) groups is 1. The summed E-state index contributed by atoms with van der Waals surface area (Å²) >= 11 is 0. The molecule has 7 nitrogen and oxygen atoms in total. The van der Waals surface area contributed by atoms with E-state index in [4.69, 9.17) is 10.7 Å². The molecule has 1 aliphatic rings. The first-order valence-corrected chi connectivity index (χ1v) is 14.7. The van der Waals surface area contributed by atoms with Crippen molar-refractivity contribution >= 4 is 44.8 Å². The zero-order chi connectivity index (χ0) is 27.1. The van der Waals surface area contributed by atoms with Crippen LogP contribution in [-0.4, -0.2) is 53.2 Å². The molecular weight excluding hydrogens is 514 g/mol. The van der Waals surface area contributed by atoms with E-state index in [1.165, 1.54) is 15.7 Å². The third-order valence-electron chi connectivity index (χ3n) is 6.11. The van der Waals surface area contributed by atoms with Gasteiger partial charge in [-0.1, -0.05) is 89.2 Å². The van der Waals surface area contributed by atoms with Crippen LogP contribution in [0.25, 0.3) is 0 Å². The summed E-state index contributed by atoms with van der Waals surface area (Å²) in [5.74, 6) is 0.654. The van der Waals surface area contributed by atoms with E-state index in [0.29, 0.717) is 22.7 Å². The Bertz CT molecular complexity index is 1370. The molecule has 0 spiro atoms. The Morgan fingerprint density at radius 3 is 2.58 bits per heavy atom. The van der Waals surface area contributed by atoms with Crippen LogP contribution in [0.1, 0.15) is 29.2 Å². The Morgan fingerprint density at radius 1 is 1.11 bits per heavy atom. The number of para-hydroxylation sites is 1. The zero-order valence-electron chi connectivity index (χ0n) is 21.3. The SMILES string of the molecule is CCSSCC(N)C(=O)N(C)C1N=C(c2ccccc2)c2ccccc2N(Cc2cccc(C#N)c2)C1=O. The summed E-state index contributed by atoms with van der Waals surface area (Å²) in [6.07, 6.45) is -1.11. The maximum atomic E-state index is 14.2. The van der Waals surface area contributed by atoms with Crippen LogP contribution in [0.5, 0.6) is 0 Å². The molecule has 1 heterocycles. The predicted molar refractivity (Wildman–Crippen MR) is 156 cm³/mol. The van der Waals surface area contributed by atoms with Gasteiger partial charge in [-0.2, -0.15) is 5.26 Å². The third kappa shape index (κ3) is 6.10. The van der Waals surface area contributed by atoms with Gasteiger partial charge in [0.05, 0.1) is 35.6 Å². The van der Waals surface area contributed by atoms with Gasteiger partial charge >= 0.3 is 0 Å². The molecule has 0 fully saturated rings. The summed E-state index contributed by atoms with van der Waals surface area (Å²) < 4.78 is 0. The van der Waals surface area contributed by atoms with E-state index in [1.807, 2.05) is 67.6 Å². The van der Waals surface area contributed by atoms with E-state index in [0.717, 1.165) is 22.4 Å². The summed E-state index contributed by atoms with van der Waals surface area (Å²) in [6, 6.07) is 25.8. The van der Waals surface area contributed by atoms with E-state index in [1.54, 1.807) is 40.9 Å². The quantitative estimate of drug-likeness (QED) is 0.316. The van der Waals surface area contributed by atoms with Crippen LogP contribution < -0.4 is 10.6 Å². The van der Waals surface area contributed by atoms with Crippen molar-refractivity contribution in [3.63, 3.8) is 0 Å². The summed E-state index contributed by atoms with van der Waals surface area (Å²) in [5.41, 5.74) is 10.5. The zero-order valence-corrected chi connectivity index (χ0v) is 22.9. The smallest absolute Gasteiger partial charge is 0.272 e. The monoisotopic (exact) mass is 543 g/mol. The Hall–Kier alpha value is -3.58. The van der Waals surface area contributed by atoms with Crippen LogP contribution >= 0.6 is 21.6 Å². The molecule has 0 bridgehead atoms. The number of nitriles is 1. The molecule has 2 atom stereocenters. The van der Waals surface area contributed by atoms with Gasteiger partial charge in [0.15, 0.2) is 0 Å².